The Hall–Kier alpha value is -1.95. The van der Waals surface area contributed by atoms with E-state index >= 15 is 0 Å². The van der Waals surface area contributed by atoms with Gasteiger partial charge in [0.2, 0.25) is 0 Å². The Morgan fingerprint density at radius 2 is 1.92 bits per heavy atom. The molecule has 0 bridgehead atoms. The van der Waals surface area contributed by atoms with Crippen LogP contribution in [0.3, 0.4) is 0 Å². The maximum absolute atomic E-state index is 11.6. The summed E-state index contributed by atoms with van der Waals surface area (Å²) in [5, 5.41) is 18.5. The Kier molecular flexibility index (Phi) is 9.27. The van der Waals surface area contributed by atoms with Gasteiger partial charge in [-0.25, -0.2) is 4.79 Å². The van der Waals surface area contributed by atoms with Gasteiger partial charge in [-0.15, -0.1) is 0 Å². The number of carbonyl (C=O) groups excluding carboxylic acids is 1. The number of aliphatic hydroxyl groups is 1. The maximum atomic E-state index is 11.6. The number of rotatable bonds is 11. The van der Waals surface area contributed by atoms with E-state index in [4.69, 9.17) is 9.84 Å². The summed E-state index contributed by atoms with van der Waals surface area (Å²) in [7, 11) is 0. The van der Waals surface area contributed by atoms with Gasteiger partial charge in [0.1, 0.15) is 5.60 Å². The quantitative estimate of drug-likeness (QED) is 0.459. The molecule has 0 aliphatic carbocycles. The number of ether oxygens (including phenoxy) is 1. The molecule has 0 amide bonds. The van der Waals surface area contributed by atoms with E-state index in [2.05, 4.69) is 4.98 Å². The van der Waals surface area contributed by atoms with Crippen molar-refractivity contribution < 1.29 is 24.5 Å². The van der Waals surface area contributed by atoms with E-state index in [1.54, 1.807) is 6.07 Å². The largest absolute Gasteiger partial charge is 0.478 e. The molecular weight excluding hydrogens is 334 g/mol. The summed E-state index contributed by atoms with van der Waals surface area (Å²) in [6, 6.07) is 3.05. The number of aromatic nitrogens is 1. The second-order valence-corrected chi connectivity index (χ2v) is 7.61. The summed E-state index contributed by atoms with van der Waals surface area (Å²) in [4.78, 5) is 26.8. The summed E-state index contributed by atoms with van der Waals surface area (Å²) >= 11 is 0. The molecular formula is C20H31NO5. The van der Waals surface area contributed by atoms with E-state index in [1.807, 2.05) is 20.8 Å². The fourth-order valence-electron chi connectivity index (χ4n) is 2.70. The molecule has 0 unspecified atom stereocenters. The lowest BCUT2D eigenvalue weighted by Gasteiger charge is -2.19. The lowest BCUT2D eigenvalue weighted by molar-refractivity contribution is -0.154. The molecule has 1 heterocycles. The normalized spacial score (nSPS) is 12.6. The summed E-state index contributed by atoms with van der Waals surface area (Å²) in [5.74, 6) is -0.968. The molecule has 0 saturated carbocycles. The van der Waals surface area contributed by atoms with Gasteiger partial charge in [0.15, 0.2) is 0 Å². The minimum Gasteiger partial charge on any atom is -0.478 e. The van der Waals surface area contributed by atoms with Crippen molar-refractivity contribution in [1.29, 1.82) is 0 Å². The molecule has 0 spiro atoms. The van der Waals surface area contributed by atoms with Gasteiger partial charge < -0.3 is 14.9 Å². The first kappa shape index (κ1) is 22.1. The predicted octanol–water partition coefficient (Wildman–Crippen LogP) is 3.61. The van der Waals surface area contributed by atoms with Crippen LogP contribution in [-0.4, -0.2) is 39.3 Å². The lowest BCUT2D eigenvalue weighted by Crippen LogP contribution is -2.23. The van der Waals surface area contributed by atoms with Crippen LogP contribution in [0.1, 0.15) is 75.3 Å². The van der Waals surface area contributed by atoms with Gasteiger partial charge in [-0.05, 0) is 64.5 Å². The molecule has 1 aromatic heterocycles. The second kappa shape index (κ2) is 10.9. The lowest BCUT2D eigenvalue weighted by atomic mass is 9.95. The van der Waals surface area contributed by atoms with Crippen molar-refractivity contribution in [2.75, 3.05) is 6.61 Å². The summed E-state index contributed by atoms with van der Waals surface area (Å²) in [5.41, 5.74) is 0.524. The molecule has 1 atom stereocenters. The number of hydrogen-bond acceptors (Lipinski definition) is 5. The van der Waals surface area contributed by atoms with E-state index in [0.717, 1.165) is 37.8 Å². The molecule has 0 aromatic carbocycles. The summed E-state index contributed by atoms with van der Waals surface area (Å²) in [6.45, 7) is 5.68. The number of carbonyl (C=O) groups is 2. The van der Waals surface area contributed by atoms with Crippen LogP contribution in [0.2, 0.25) is 0 Å². The molecule has 2 N–H and O–H groups in total. The Bertz CT molecular complexity index is 580. The molecule has 6 nitrogen and oxygen atoms in total. The molecule has 0 fully saturated rings. The average molecular weight is 365 g/mol. The van der Waals surface area contributed by atoms with Crippen LogP contribution >= 0.6 is 0 Å². The van der Waals surface area contributed by atoms with Gasteiger partial charge in [0, 0.05) is 24.9 Å². The average Bonchev–Trinajstić information content (AvgIpc) is 2.56. The minimum atomic E-state index is -0.961. The van der Waals surface area contributed by atoms with Crippen molar-refractivity contribution in [2.24, 2.45) is 5.92 Å². The molecule has 0 radical (unpaired) electrons. The highest BCUT2D eigenvalue weighted by Gasteiger charge is 2.16. The number of hydrogen-bond donors (Lipinski definition) is 2. The third-order valence-corrected chi connectivity index (χ3v) is 4.04. The Morgan fingerprint density at radius 3 is 2.54 bits per heavy atom. The maximum Gasteiger partial charge on any atom is 0.335 e. The molecule has 1 aromatic rings. The van der Waals surface area contributed by atoms with Crippen LogP contribution in [0, 0.1) is 5.92 Å². The fourth-order valence-corrected chi connectivity index (χ4v) is 2.70. The van der Waals surface area contributed by atoms with E-state index < -0.39 is 11.6 Å². The first-order chi connectivity index (χ1) is 12.2. The number of aryl methyl sites for hydroxylation is 1. The first-order valence-electron chi connectivity index (χ1n) is 9.22. The molecule has 1 rings (SSSR count). The highest BCUT2D eigenvalue weighted by Crippen LogP contribution is 2.17. The zero-order chi connectivity index (χ0) is 19.6. The standard InChI is InChI=1S/C20H31NO5/c1-20(2,3)26-18(23)8-6-4-5-7-15(14-22)9-10-17-13-16(19(24)25)11-12-21-17/h11-13,15,22H,4-10,14H2,1-3H3,(H,24,25)/t15-/m1/s1. The predicted molar refractivity (Wildman–Crippen MR) is 99.0 cm³/mol. The van der Waals surface area contributed by atoms with Crippen LogP contribution in [-0.2, 0) is 16.0 Å². The van der Waals surface area contributed by atoms with Crippen molar-refractivity contribution in [3.63, 3.8) is 0 Å². The summed E-state index contributed by atoms with van der Waals surface area (Å²) < 4.78 is 5.27. The Labute approximate surface area is 155 Å². The van der Waals surface area contributed by atoms with Crippen LogP contribution in [0.5, 0.6) is 0 Å². The number of esters is 1. The zero-order valence-electron chi connectivity index (χ0n) is 16.0. The third-order valence-electron chi connectivity index (χ3n) is 4.04. The van der Waals surface area contributed by atoms with E-state index in [0.29, 0.717) is 12.8 Å². The molecule has 0 saturated heterocycles. The van der Waals surface area contributed by atoms with Crippen LogP contribution in [0.15, 0.2) is 18.3 Å². The molecule has 6 heteroatoms. The number of nitrogens with zero attached hydrogens (tertiary/aromatic N) is 1. The zero-order valence-corrected chi connectivity index (χ0v) is 16.0. The van der Waals surface area contributed by atoms with E-state index in [9.17, 15) is 14.7 Å². The van der Waals surface area contributed by atoms with Crippen molar-refractivity contribution in [1.82, 2.24) is 4.98 Å². The van der Waals surface area contributed by atoms with Crippen molar-refractivity contribution in [2.45, 2.75) is 71.3 Å². The molecule has 0 aliphatic heterocycles. The van der Waals surface area contributed by atoms with Gasteiger partial charge in [-0.1, -0.05) is 12.8 Å². The smallest absolute Gasteiger partial charge is 0.335 e. The van der Waals surface area contributed by atoms with Crippen molar-refractivity contribution in [3.8, 4) is 0 Å². The van der Waals surface area contributed by atoms with E-state index in [1.165, 1.54) is 12.3 Å². The van der Waals surface area contributed by atoms with E-state index in [-0.39, 0.29) is 24.1 Å². The van der Waals surface area contributed by atoms with Gasteiger partial charge in [-0.2, -0.15) is 0 Å². The topological polar surface area (TPSA) is 96.7 Å². The van der Waals surface area contributed by atoms with Crippen LogP contribution in [0.4, 0.5) is 0 Å². The van der Waals surface area contributed by atoms with Crippen molar-refractivity contribution >= 4 is 11.9 Å². The number of pyridine rings is 1. The first-order valence-corrected chi connectivity index (χ1v) is 9.22. The number of aromatic carboxylic acids is 1. The van der Waals surface area contributed by atoms with Gasteiger partial charge >= 0.3 is 11.9 Å². The SMILES string of the molecule is CC(C)(C)OC(=O)CCCCC[C@@H](CO)CCc1cc(C(=O)O)ccn1. The number of carboxylic acids is 1. The van der Waals surface area contributed by atoms with Crippen LogP contribution in [0.25, 0.3) is 0 Å². The minimum absolute atomic E-state index is 0.102. The van der Waals surface area contributed by atoms with Gasteiger partial charge in [0.25, 0.3) is 0 Å². The van der Waals surface area contributed by atoms with Crippen molar-refractivity contribution in [3.05, 3.63) is 29.6 Å². The fraction of sp³-hybridized carbons (Fsp3) is 0.650. The number of unbranched alkanes of at least 4 members (excludes halogenated alkanes) is 2. The number of aliphatic hydroxyl groups excluding tert-OH is 1. The second-order valence-electron chi connectivity index (χ2n) is 7.61. The molecule has 146 valence electrons. The molecule has 26 heavy (non-hydrogen) atoms. The Morgan fingerprint density at radius 1 is 1.19 bits per heavy atom. The number of carboxylic acid groups (broad SMARTS) is 1. The highest BCUT2D eigenvalue weighted by molar-refractivity contribution is 5.87. The monoisotopic (exact) mass is 365 g/mol. The third kappa shape index (κ3) is 9.51. The molecule has 0 aliphatic rings. The Balaban J connectivity index is 2.26. The summed E-state index contributed by atoms with van der Waals surface area (Å²) in [6.07, 6.45) is 6.86. The van der Waals surface area contributed by atoms with Gasteiger partial charge in [0.05, 0.1) is 5.56 Å². The van der Waals surface area contributed by atoms with Crippen LogP contribution < -0.4 is 0 Å². The highest BCUT2D eigenvalue weighted by atomic mass is 16.6. The van der Waals surface area contributed by atoms with Gasteiger partial charge in [-0.3, -0.25) is 9.78 Å².